The maximum Gasteiger partial charge on any atom is 0.475 e. The van der Waals surface area contributed by atoms with E-state index in [2.05, 4.69) is 9.97 Å². The van der Waals surface area contributed by atoms with Gasteiger partial charge in [0.15, 0.2) is 6.23 Å². The zero-order chi connectivity index (χ0) is 24.0. The highest BCUT2D eigenvalue weighted by Crippen LogP contribution is 2.60. The molecular weight excluding hydrogens is 475 g/mol. The molecule has 2 aromatic heterocycles. The standard InChI is InChI=1S/C20H28ClN4O7P/c1-11(2)30-18(26)12(3)6-8-28-33(27)29-9-14-15(32-33)20(4,21)19(31-14)25-7-5-13-16(22)23-10-24-17(13)25/h5,7,10-12,14-15,19H,6,8-9H2,1-4H3,(H2,22,23,24)/t12-,14+,15+,19+,20+,33-/m0/s1. The second kappa shape index (κ2) is 9.13. The number of phosphoric acid groups is 1. The van der Waals surface area contributed by atoms with E-state index in [-0.39, 0.29) is 25.3 Å². The summed E-state index contributed by atoms with van der Waals surface area (Å²) in [6, 6.07) is 1.78. The molecule has 13 heteroatoms. The van der Waals surface area contributed by atoms with Gasteiger partial charge in [0.05, 0.1) is 30.6 Å². The summed E-state index contributed by atoms with van der Waals surface area (Å²) in [5.74, 6) is -0.430. The number of nitrogens with two attached hydrogens (primary N) is 1. The van der Waals surface area contributed by atoms with E-state index in [9.17, 15) is 9.36 Å². The van der Waals surface area contributed by atoms with Gasteiger partial charge in [0.1, 0.15) is 34.9 Å². The number of phosphoric ester groups is 1. The Labute approximate surface area is 196 Å². The minimum atomic E-state index is -3.91. The zero-order valence-corrected chi connectivity index (χ0v) is 20.5. The van der Waals surface area contributed by atoms with Crippen molar-refractivity contribution in [2.75, 3.05) is 18.9 Å². The molecule has 0 bridgehead atoms. The monoisotopic (exact) mass is 502 g/mol. The van der Waals surface area contributed by atoms with Crippen LogP contribution in [-0.2, 0) is 32.4 Å². The second-order valence-electron chi connectivity index (χ2n) is 8.67. The molecule has 0 saturated carbocycles. The van der Waals surface area contributed by atoms with Gasteiger partial charge in [-0.25, -0.2) is 14.5 Å². The molecule has 182 valence electrons. The number of carbonyl (C=O) groups is 1. The van der Waals surface area contributed by atoms with E-state index in [1.54, 1.807) is 44.5 Å². The van der Waals surface area contributed by atoms with Crippen LogP contribution in [0.4, 0.5) is 5.82 Å². The number of hydrogen-bond acceptors (Lipinski definition) is 10. The van der Waals surface area contributed by atoms with Crippen LogP contribution in [0.2, 0.25) is 0 Å². The molecule has 0 aliphatic carbocycles. The van der Waals surface area contributed by atoms with Crippen molar-refractivity contribution < 1.29 is 32.4 Å². The van der Waals surface area contributed by atoms with Crippen LogP contribution >= 0.6 is 19.4 Å². The van der Waals surface area contributed by atoms with Crippen molar-refractivity contribution in [1.82, 2.24) is 14.5 Å². The summed E-state index contributed by atoms with van der Waals surface area (Å²) in [4.78, 5) is 19.1. The summed E-state index contributed by atoms with van der Waals surface area (Å²) in [7, 11) is -3.91. The number of rotatable bonds is 7. The third-order valence-electron chi connectivity index (χ3n) is 5.67. The molecule has 2 aliphatic rings. The first-order valence-corrected chi connectivity index (χ1v) is 12.5. The number of hydrogen-bond donors (Lipinski definition) is 1. The molecule has 11 nitrogen and oxygen atoms in total. The lowest BCUT2D eigenvalue weighted by Gasteiger charge is -2.34. The number of fused-ring (bicyclic) bond motifs is 2. The highest BCUT2D eigenvalue weighted by atomic mass is 35.5. The number of anilines is 1. The lowest BCUT2D eigenvalue weighted by atomic mass is 10.0. The van der Waals surface area contributed by atoms with Crippen LogP contribution in [0.25, 0.3) is 11.0 Å². The van der Waals surface area contributed by atoms with Gasteiger partial charge in [0.2, 0.25) is 0 Å². The average molecular weight is 503 g/mol. The number of halogens is 1. The molecule has 2 N–H and O–H groups in total. The Bertz CT molecular complexity index is 1080. The Hall–Kier alpha value is -1.75. The minimum Gasteiger partial charge on any atom is -0.463 e. The van der Waals surface area contributed by atoms with Crippen molar-refractivity contribution in [3.8, 4) is 0 Å². The Morgan fingerprint density at radius 2 is 2.18 bits per heavy atom. The summed E-state index contributed by atoms with van der Waals surface area (Å²) in [6.45, 7) is 6.97. The number of nitrogen functional groups attached to an aromatic ring is 1. The fourth-order valence-corrected chi connectivity index (χ4v) is 5.79. The summed E-state index contributed by atoms with van der Waals surface area (Å²) in [5, 5.41) is 0.666. The summed E-state index contributed by atoms with van der Waals surface area (Å²) in [6.07, 6.45) is 1.17. The fourth-order valence-electron chi connectivity index (χ4n) is 3.90. The van der Waals surface area contributed by atoms with Crippen LogP contribution in [0.5, 0.6) is 0 Å². The van der Waals surface area contributed by atoms with Gasteiger partial charge in [-0.2, -0.15) is 0 Å². The van der Waals surface area contributed by atoms with Crippen molar-refractivity contribution in [2.45, 2.75) is 63.5 Å². The normalized spacial score (nSPS) is 32.7. The number of aromatic nitrogens is 3. The Balaban J connectivity index is 1.43. The lowest BCUT2D eigenvalue weighted by molar-refractivity contribution is -0.152. The van der Waals surface area contributed by atoms with Gasteiger partial charge in [-0.3, -0.25) is 18.4 Å². The number of esters is 1. The molecule has 6 atom stereocenters. The van der Waals surface area contributed by atoms with Gasteiger partial charge < -0.3 is 19.8 Å². The van der Waals surface area contributed by atoms with Gasteiger partial charge in [-0.15, -0.1) is 11.6 Å². The van der Waals surface area contributed by atoms with Crippen molar-refractivity contribution in [1.29, 1.82) is 0 Å². The molecular formula is C20H28ClN4O7P. The van der Waals surface area contributed by atoms with Gasteiger partial charge in [-0.05, 0) is 33.3 Å². The highest BCUT2D eigenvalue weighted by molar-refractivity contribution is 7.48. The van der Waals surface area contributed by atoms with E-state index >= 15 is 0 Å². The molecule has 2 saturated heterocycles. The van der Waals surface area contributed by atoms with E-state index in [0.717, 1.165) is 0 Å². The van der Waals surface area contributed by atoms with E-state index < -0.39 is 37.1 Å². The third kappa shape index (κ3) is 4.76. The van der Waals surface area contributed by atoms with Crippen molar-refractivity contribution in [2.24, 2.45) is 5.92 Å². The van der Waals surface area contributed by atoms with Crippen LogP contribution in [-0.4, -0.2) is 56.9 Å². The minimum absolute atomic E-state index is 0.00918. The van der Waals surface area contributed by atoms with Crippen LogP contribution in [0.3, 0.4) is 0 Å². The summed E-state index contributed by atoms with van der Waals surface area (Å²) in [5.41, 5.74) is 6.49. The molecule has 0 unspecified atom stereocenters. The zero-order valence-electron chi connectivity index (χ0n) is 18.8. The van der Waals surface area contributed by atoms with E-state index in [1.165, 1.54) is 6.33 Å². The number of alkyl halides is 1. The SMILES string of the molecule is CC(C)OC(=O)[C@@H](C)CCO[P@@]1(=O)OC[C@H]2O[C@@H](n3ccc4c(N)ncnc43)[C@](C)(Cl)[C@@H]2O1. The largest absolute Gasteiger partial charge is 0.475 e. The van der Waals surface area contributed by atoms with Gasteiger partial charge >= 0.3 is 13.8 Å². The molecule has 4 rings (SSSR count). The fraction of sp³-hybridized carbons (Fsp3) is 0.650. The molecule has 33 heavy (non-hydrogen) atoms. The smallest absolute Gasteiger partial charge is 0.463 e. The molecule has 0 spiro atoms. The lowest BCUT2D eigenvalue weighted by Crippen LogP contribution is -2.44. The maximum absolute atomic E-state index is 13.1. The Morgan fingerprint density at radius 1 is 1.42 bits per heavy atom. The maximum atomic E-state index is 13.1. The first kappa shape index (κ1) is 24.4. The average Bonchev–Trinajstić information content (AvgIpc) is 3.27. The predicted molar refractivity (Wildman–Crippen MR) is 120 cm³/mol. The van der Waals surface area contributed by atoms with Crippen LogP contribution in [0, 0.1) is 5.92 Å². The van der Waals surface area contributed by atoms with Gasteiger partial charge in [0.25, 0.3) is 0 Å². The molecule has 2 aliphatic heterocycles. The predicted octanol–water partition coefficient (Wildman–Crippen LogP) is 3.43. The van der Waals surface area contributed by atoms with Crippen molar-refractivity contribution >= 4 is 42.2 Å². The molecule has 2 fully saturated rings. The molecule has 0 aromatic carbocycles. The van der Waals surface area contributed by atoms with Crippen molar-refractivity contribution in [3.63, 3.8) is 0 Å². The Kier molecular flexibility index (Phi) is 6.74. The van der Waals surface area contributed by atoms with Crippen molar-refractivity contribution in [3.05, 3.63) is 18.6 Å². The summed E-state index contributed by atoms with van der Waals surface area (Å²) < 4.78 is 42.8. The first-order valence-electron chi connectivity index (χ1n) is 10.7. The third-order valence-corrected chi connectivity index (χ3v) is 7.52. The van der Waals surface area contributed by atoms with Crippen LogP contribution < -0.4 is 5.73 Å². The highest BCUT2D eigenvalue weighted by Gasteiger charge is 2.60. The second-order valence-corrected chi connectivity index (χ2v) is 11.1. The molecule has 4 heterocycles. The first-order chi connectivity index (χ1) is 15.5. The van der Waals surface area contributed by atoms with E-state index in [0.29, 0.717) is 23.3 Å². The summed E-state index contributed by atoms with van der Waals surface area (Å²) >= 11 is 6.90. The number of nitrogens with zero attached hydrogens (tertiary/aromatic N) is 3. The van der Waals surface area contributed by atoms with Crippen LogP contribution in [0.1, 0.15) is 40.3 Å². The van der Waals surface area contributed by atoms with Gasteiger partial charge in [-0.1, -0.05) is 6.92 Å². The topological polar surface area (TPSA) is 137 Å². The Morgan fingerprint density at radius 3 is 2.91 bits per heavy atom. The number of ether oxygens (including phenoxy) is 2. The van der Waals surface area contributed by atoms with Crippen LogP contribution in [0.15, 0.2) is 18.6 Å². The van der Waals surface area contributed by atoms with E-state index in [1.807, 2.05) is 0 Å². The molecule has 0 amide bonds. The quantitative estimate of drug-likeness (QED) is 0.340. The van der Waals surface area contributed by atoms with Gasteiger partial charge in [0, 0.05) is 6.20 Å². The van der Waals surface area contributed by atoms with E-state index in [4.69, 9.17) is 40.4 Å². The number of carbonyl (C=O) groups excluding carboxylic acids is 1. The molecule has 2 aromatic rings. The molecule has 0 radical (unpaired) electrons.